The van der Waals surface area contributed by atoms with Gasteiger partial charge in [-0.2, -0.15) is 0 Å². The highest BCUT2D eigenvalue weighted by molar-refractivity contribution is 5.77. The largest absolute Gasteiger partial charge is 0.481 e. The summed E-state index contributed by atoms with van der Waals surface area (Å²) in [5.74, 6) is -0.564. The minimum Gasteiger partial charge on any atom is -0.481 e. The highest BCUT2D eigenvalue weighted by Gasteiger charge is 2.31. The third-order valence-corrected chi connectivity index (χ3v) is 4.92. The predicted octanol–water partition coefficient (Wildman–Crippen LogP) is 2.90. The first-order valence-corrected chi connectivity index (χ1v) is 8.36. The Hall–Kier alpha value is -1.26. The predicted molar refractivity (Wildman–Crippen MR) is 81.1 cm³/mol. The lowest BCUT2D eigenvalue weighted by atomic mass is 9.87. The number of urea groups is 1. The van der Waals surface area contributed by atoms with Gasteiger partial charge in [-0.25, -0.2) is 4.79 Å². The second-order valence-corrected chi connectivity index (χ2v) is 6.78. The first-order valence-electron chi connectivity index (χ1n) is 8.36. The number of hydrogen-bond acceptors (Lipinski definition) is 2. The molecule has 3 N–H and O–H groups in total. The van der Waals surface area contributed by atoms with Crippen molar-refractivity contribution in [1.82, 2.24) is 10.6 Å². The molecule has 2 saturated carbocycles. The van der Waals surface area contributed by atoms with Crippen LogP contribution in [0, 0.1) is 11.8 Å². The van der Waals surface area contributed by atoms with Crippen molar-refractivity contribution >= 4 is 12.0 Å². The van der Waals surface area contributed by atoms with E-state index < -0.39 is 11.9 Å². The van der Waals surface area contributed by atoms with Gasteiger partial charge in [0, 0.05) is 12.1 Å². The van der Waals surface area contributed by atoms with Crippen LogP contribution in [0.1, 0.15) is 64.7 Å². The number of carbonyl (C=O) groups is 2. The number of carbonyl (C=O) groups excluding carboxylic acids is 1. The van der Waals surface area contributed by atoms with E-state index in [2.05, 4.69) is 17.6 Å². The summed E-state index contributed by atoms with van der Waals surface area (Å²) in [6.45, 7) is 2.22. The quantitative estimate of drug-likeness (QED) is 0.701. The number of rotatable bonds is 3. The van der Waals surface area contributed by atoms with Crippen molar-refractivity contribution in [3.63, 3.8) is 0 Å². The molecule has 0 aromatic rings. The molecule has 5 nitrogen and oxygen atoms in total. The molecule has 0 bridgehead atoms. The Morgan fingerprint density at radius 1 is 0.952 bits per heavy atom. The van der Waals surface area contributed by atoms with Gasteiger partial charge in [0.25, 0.3) is 0 Å². The standard InChI is InChI=1S/C16H28N2O3/c1-11-6-5-7-12(10-11)17-16(21)18-14-9-4-2-3-8-13(14)15(19)20/h11-14H,2-10H2,1H3,(H,19,20)(H2,17,18,21). The van der Waals surface area contributed by atoms with E-state index in [1.54, 1.807) is 0 Å². The molecule has 2 aliphatic carbocycles. The van der Waals surface area contributed by atoms with E-state index in [4.69, 9.17) is 0 Å². The van der Waals surface area contributed by atoms with E-state index in [1.807, 2.05) is 0 Å². The molecule has 0 aromatic heterocycles. The highest BCUT2D eigenvalue weighted by atomic mass is 16.4. The maximum Gasteiger partial charge on any atom is 0.315 e. The fraction of sp³-hybridized carbons (Fsp3) is 0.875. The Morgan fingerprint density at radius 2 is 1.71 bits per heavy atom. The van der Waals surface area contributed by atoms with Crippen LogP contribution in [0.4, 0.5) is 4.79 Å². The van der Waals surface area contributed by atoms with E-state index in [0.717, 1.165) is 44.9 Å². The molecule has 21 heavy (non-hydrogen) atoms. The maximum atomic E-state index is 12.2. The lowest BCUT2D eigenvalue weighted by Crippen LogP contribution is -2.50. The van der Waals surface area contributed by atoms with Crippen LogP contribution in [0.25, 0.3) is 0 Å². The molecule has 2 fully saturated rings. The van der Waals surface area contributed by atoms with Crippen LogP contribution >= 0.6 is 0 Å². The van der Waals surface area contributed by atoms with Crippen molar-refractivity contribution in [2.75, 3.05) is 0 Å². The summed E-state index contributed by atoms with van der Waals surface area (Å²) < 4.78 is 0. The fourth-order valence-corrected chi connectivity index (χ4v) is 3.74. The first-order chi connectivity index (χ1) is 10.1. The smallest absolute Gasteiger partial charge is 0.315 e. The van der Waals surface area contributed by atoms with Gasteiger partial charge in [-0.3, -0.25) is 4.79 Å². The molecule has 2 amide bonds. The summed E-state index contributed by atoms with van der Waals surface area (Å²) in [5, 5.41) is 15.3. The van der Waals surface area contributed by atoms with Crippen molar-refractivity contribution in [3.05, 3.63) is 0 Å². The molecule has 0 saturated heterocycles. The third-order valence-electron chi connectivity index (χ3n) is 4.92. The lowest BCUT2D eigenvalue weighted by molar-refractivity contribution is -0.142. The molecule has 5 heteroatoms. The summed E-state index contributed by atoms with van der Waals surface area (Å²) in [6.07, 6.45) is 8.89. The van der Waals surface area contributed by atoms with Crippen molar-refractivity contribution in [2.45, 2.75) is 76.8 Å². The van der Waals surface area contributed by atoms with Gasteiger partial charge < -0.3 is 15.7 Å². The number of nitrogens with one attached hydrogen (secondary N) is 2. The molecule has 4 unspecified atom stereocenters. The number of carboxylic acids is 1. The minimum absolute atomic E-state index is 0.188. The second kappa shape index (κ2) is 7.66. The van der Waals surface area contributed by atoms with E-state index in [-0.39, 0.29) is 18.1 Å². The van der Waals surface area contributed by atoms with Crippen LogP contribution in [-0.4, -0.2) is 29.2 Å². The van der Waals surface area contributed by atoms with Crippen molar-refractivity contribution in [1.29, 1.82) is 0 Å². The Morgan fingerprint density at radius 3 is 2.43 bits per heavy atom. The molecule has 4 atom stereocenters. The van der Waals surface area contributed by atoms with Gasteiger partial charge >= 0.3 is 12.0 Å². The summed E-state index contributed by atoms with van der Waals surface area (Å²) in [7, 11) is 0. The van der Waals surface area contributed by atoms with E-state index in [9.17, 15) is 14.7 Å². The van der Waals surface area contributed by atoms with Gasteiger partial charge in [0.1, 0.15) is 0 Å². The summed E-state index contributed by atoms with van der Waals surface area (Å²) in [5.41, 5.74) is 0. The van der Waals surface area contributed by atoms with E-state index in [0.29, 0.717) is 12.3 Å². The molecular weight excluding hydrogens is 268 g/mol. The Kier molecular flexibility index (Phi) is 5.88. The maximum absolute atomic E-state index is 12.2. The molecule has 2 aliphatic rings. The lowest BCUT2D eigenvalue weighted by Gasteiger charge is -2.29. The zero-order valence-electron chi connectivity index (χ0n) is 12.9. The fourth-order valence-electron chi connectivity index (χ4n) is 3.74. The van der Waals surface area contributed by atoms with Gasteiger partial charge in [0.2, 0.25) is 0 Å². The second-order valence-electron chi connectivity index (χ2n) is 6.78. The van der Waals surface area contributed by atoms with Crippen LogP contribution in [0.3, 0.4) is 0 Å². The van der Waals surface area contributed by atoms with Crippen LogP contribution in [-0.2, 0) is 4.79 Å². The van der Waals surface area contributed by atoms with E-state index in [1.165, 1.54) is 6.42 Å². The molecule has 0 radical (unpaired) electrons. The Labute approximate surface area is 126 Å². The molecule has 2 rings (SSSR count). The molecule has 0 aliphatic heterocycles. The minimum atomic E-state index is -0.784. The van der Waals surface area contributed by atoms with Gasteiger partial charge in [-0.15, -0.1) is 0 Å². The molecule has 0 spiro atoms. The highest BCUT2D eigenvalue weighted by Crippen LogP contribution is 2.25. The average Bonchev–Trinajstić information content (AvgIpc) is 2.64. The number of amides is 2. The Bertz CT molecular complexity index is 373. The topological polar surface area (TPSA) is 78.4 Å². The summed E-state index contributed by atoms with van der Waals surface area (Å²) in [4.78, 5) is 23.5. The third kappa shape index (κ3) is 4.90. The summed E-state index contributed by atoms with van der Waals surface area (Å²) in [6, 6.07) is -0.180. The normalized spacial score (nSPS) is 33.8. The zero-order chi connectivity index (χ0) is 15.2. The summed E-state index contributed by atoms with van der Waals surface area (Å²) >= 11 is 0. The van der Waals surface area contributed by atoms with Gasteiger partial charge in [0.05, 0.1) is 5.92 Å². The average molecular weight is 296 g/mol. The SMILES string of the molecule is CC1CCCC(NC(=O)NC2CCCCCC2C(=O)O)C1. The zero-order valence-corrected chi connectivity index (χ0v) is 12.9. The van der Waals surface area contributed by atoms with Crippen LogP contribution in [0.5, 0.6) is 0 Å². The van der Waals surface area contributed by atoms with Gasteiger partial charge in [-0.1, -0.05) is 39.0 Å². The molecule has 0 heterocycles. The molecular formula is C16H28N2O3. The molecule has 120 valence electrons. The van der Waals surface area contributed by atoms with Crippen molar-refractivity contribution in [2.24, 2.45) is 11.8 Å². The van der Waals surface area contributed by atoms with Gasteiger partial charge in [0.15, 0.2) is 0 Å². The van der Waals surface area contributed by atoms with E-state index >= 15 is 0 Å². The van der Waals surface area contributed by atoms with Crippen molar-refractivity contribution in [3.8, 4) is 0 Å². The monoisotopic (exact) mass is 296 g/mol. The Balaban J connectivity index is 1.85. The van der Waals surface area contributed by atoms with Crippen molar-refractivity contribution < 1.29 is 14.7 Å². The van der Waals surface area contributed by atoms with Crippen LogP contribution < -0.4 is 10.6 Å². The van der Waals surface area contributed by atoms with Gasteiger partial charge in [-0.05, 0) is 31.6 Å². The van der Waals surface area contributed by atoms with Crippen LogP contribution in [0.15, 0.2) is 0 Å². The number of hydrogen-bond donors (Lipinski definition) is 3. The van der Waals surface area contributed by atoms with Crippen LogP contribution in [0.2, 0.25) is 0 Å². The number of carboxylic acid groups (broad SMARTS) is 1. The first kappa shape index (κ1) is 16.1. The number of aliphatic carboxylic acids is 1. The molecule has 0 aromatic carbocycles.